The summed E-state index contributed by atoms with van der Waals surface area (Å²) in [5.74, 6) is 0.0998. The number of aromatic nitrogens is 1. The number of nitriles is 1. The van der Waals surface area contributed by atoms with Crippen molar-refractivity contribution in [2.45, 2.75) is 17.9 Å². The Morgan fingerprint density at radius 3 is 2.92 bits per heavy atom. The number of benzene rings is 1. The van der Waals surface area contributed by atoms with Gasteiger partial charge in [-0.05, 0) is 34.7 Å². The van der Waals surface area contributed by atoms with Crippen molar-refractivity contribution in [3.05, 3.63) is 68.9 Å². The Labute approximate surface area is 146 Å². The van der Waals surface area contributed by atoms with Crippen LogP contribution in [0.5, 0.6) is 0 Å². The van der Waals surface area contributed by atoms with Crippen LogP contribution in [0.1, 0.15) is 27.5 Å². The first-order chi connectivity index (χ1) is 11.8. The van der Waals surface area contributed by atoms with Gasteiger partial charge in [-0.15, -0.1) is 22.7 Å². The Morgan fingerprint density at radius 1 is 1.29 bits per heavy atom. The number of hydrogen-bond donors (Lipinski definition) is 0. The molecule has 2 aromatic heterocycles. The first-order valence-corrected chi connectivity index (χ1v) is 9.32. The molecule has 0 saturated carbocycles. The van der Waals surface area contributed by atoms with Crippen molar-refractivity contribution in [1.29, 1.82) is 5.26 Å². The summed E-state index contributed by atoms with van der Waals surface area (Å²) in [5.41, 5.74) is 2.32. The van der Waals surface area contributed by atoms with Crippen LogP contribution in [0.4, 0.5) is 5.13 Å². The van der Waals surface area contributed by atoms with Gasteiger partial charge in [-0.1, -0.05) is 12.1 Å². The highest BCUT2D eigenvalue weighted by Crippen LogP contribution is 2.59. The van der Waals surface area contributed by atoms with E-state index in [9.17, 15) is 10.1 Å². The first kappa shape index (κ1) is 13.9. The number of rotatable bonds is 2. The molecule has 1 aliphatic heterocycles. The van der Waals surface area contributed by atoms with Gasteiger partial charge >= 0.3 is 0 Å². The summed E-state index contributed by atoms with van der Waals surface area (Å²) in [7, 11) is 0. The summed E-state index contributed by atoms with van der Waals surface area (Å²) >= 11 is 3.15. The van der Waals surface area contributed by atoms with Gasteiger partial charge in [-0.25, -0.2) is 4.98 Å². The molecule has 2 aliphatic rings. The lowest BCUT2D eigenvalue weighted by molar-refractivity contribution is -0.111. The van der Waals surface area contributed by atoms with E-state index in [1.807, 2.05) is 39.9 Å². The molecule has 5 rings (SSSR count). The van der Waals surface area contributed by atoms with Gasteiger partial charge < -0.3 is 0 Å². The number of thiazole rings is 1. The van der Waals surface area contributed by atoms with E-state index in [1.54, 1.807) is 17.5 Å². The monoisotopic (exact) mass is 349 g/mol. The summed E-state index contributed by atoms with van der Waals surface area (Å²) in [6, 6.07) is 12.1. The third-order valence-electron chi connectivity index (χ3n) is 4.88. The fourth-order valence-corrected chi connectivity index (χ4v) is 5.50. The maximum Gasteiger partial charge on any atom is 0.257 e. The standard InChI is InChI=1S/C18H11N3OS2/c19-10-11-3-4-12-9-18(16(22)21(18)17-20-5-7-24-17)15(13(12)8-11)14-2-1-6-23-14/h1-8,15H,9H2/t15-,18-,21?/m0/s1. The largest absolute Gasteiger partial charge is 0.272 e. The maximum absolute atomic E-state index is 12.9. The third kappa shape index (κ3) is 1.66. The summed E-state index contributed by atoms with van der Waals surface area (Å²) in [6.45, 7) is 0. The van der Waals surface area contributed by atoms with E-state index < -0.39 is 5.54 Å². The van der Waals surface area contributed by atoms with E-state index in [0.717, 1.165) is 21.1 Å². The molecule has 116 valence electrons. The molecule has 1 aromatic carbocycles. The zero-order chi connectivity index (χ0) is 16.3. The van der Waals surface area contributed by atoms with Crippen LogP contribution in [0.25, 0.3) is 0 Å². The molecule has 0 bridgehead atoms. The van der Waals surface area contributed by atoms with E-state index in [2.05, 4.69) is 17.1 Å². The Balaban J connectivity index is 1.70. The van der Waals surface area contributed by atoms with Crippen molar-refractivity contribution in [3.8, 4) is 6.07 Å². The molecule has 24 heavy (non-hydrogen) atoms. The van der Waals surface area contributed by atoms with E-state index >= 15 is 0 Å². The molecule has 3 heterocycles. The molecular formula is C18H11N3OS2. The minimum absolute atomic E-state index is 0.0304. The molecule has 0 unspecified atom stereocenters. The second-order valence-electron chi connectivity index (χ2n) is 6.03. The van der Waals surface area contributed by atoms with E-state index in [1.165, 1.54) is 11.3 Å². The molecule has 1 saturated heterocycles. The molecule has 1 amide bonds. The molecule has 6 heteroatoms. The highest BCUT2D eigenvalue weighted by atomic mass is 32.1. The molecule has 3 aromatic rings. The minimum atomic E-state index is -0.570. The fourth-order valence-electron chi connectivity index (χ4n) is 3.85. The lowest BCUT2D eigenvalue weighted by atomic mass is 9.90. The van der Waals surface area contributed by atoms with Crippen molar-refractivity contribution in [2.24, 2.45) is 0 Å². The second-order valence-corrected chi connectivity index (χ2v) is 7.88. The third-order valence-corrected chi connectivity index (χ3v) is 6.58. The van der Waals surface area contributed by atoms with Crippen LogP contribution >= 0.6 is 22.7 Å². The SMILES string of the molecule is N#Cc1ccc2c(c1)[C@@H](c1cccs1)[C@@]1(C2)C(=O)N1c1nccs1. The van der Waals surface area contributed by atoms with Crippen molar-refractivity contribution in [2.75, 3.05) is 4.90 Å². The lowest BCUT2D eigenvalue weighted by Crippen LogP contribution is -2.25. The Kier molecular flexibility index (Phi) is 2.76. The van der Waals surface area contributed by atoms with Crippen molar-refractivity contribution >= 4 is 33.7 Å². The van der Waals surface area contributed by atoms with Crippen LogP contribution in [0.2, 0.25) is 0 Å². The predicted octanol–water partition coefficient (Wildman–Crippen LogP) is 3.55. The molecule has 1 spiro atoms. The van der Waals surface area contributed by atoms with Gasteiger partial charge in [0, 0.05) is 22.9 Å². The number of anilines is 1. The van der Waals surface area contributed by atoms with Gasteiger partial charge in [0.1, 0.15) is 5.54 Å². The number of hydrogen-bond acceptors (Lipinski definition) is 5. The molecule has 0 radical (unpaired) electrons. The normalized spacial score (nSPS) is 24.2. The fraction of sp³-hybridized carbons (Fsp3) is 0.167. The lowest BCUT2D eigenvalue weighted by Gasteiger charge is -2.17. The molecule has 4 nitrogen and oxygen atoms in total. The van der Waals surface area contributed by atoms with Crippen LogP contribution < -0.4 is 4.90 Å². The highest BCUT2D eigenvalue weighted by Gasteiger charge is 2.71. The first-order valence-electron chi connectivity index (χ1n) is 7.56. The number of amides is 1. The number of carbonyl (C=O) groups is 1. The highest BCUT2D eigenvalue weighted by molar-refractivity contribution is 7.14. The number of fused-ring (bicyclic) bond motifs is 1. The topological polar surface area (TPSA) is 56.8 Å². The van der Waals surface area contributed by atoms with Crippen LogP contribution in [-0.2, 0) is 11.2 Å². The second kappa shape index (κ2) is 4.76. The van der Waals surface area contributed by atoms with Crippen LogP contribution in [-0.4, -0.2) is 16.4 Å². The Morgan fingerprint density at radius 2 is 2.21 bits per heavy atom. The molecule has 2 atom stereocenters. The predicted molar refractivity (Wildman–Crippen MR) is 93.4 cm³/mol. The quantitative estimate of drug-likeness (QED) is 0.665. The van der Waals surface area contributed by atoms with E-state index in [0.29, 0.717) is 12.0 Å². The van der Waals surface area contributed by atoms with Crippen molar-refractivity contribution < 1.29 is 4.79 Å². The van der Waals surface area contributed by atoms with Gasteiger partial charge in [0.05, 0.1) is 17.6 Å². The van der Waals surface area contributed by atoms with Crippen LogP contribution in [0.15, 0.2) is 47.3 Å². The minimum Gasteiger partial charge on any atom is -0.272 e. The zero-order valence-corrected chi connectivity index (χ0v) is 14.1. The average Bonchev–Trinajstić information content (AvgIpc) is 3.15. The average molecular weight is 349 g/mol. The van der Waals surface area contributed by atoms with Crippen LogP contribution in [0, 0.1) is 11.3 Å². The molecule has 1 fully saturated rings. The Hall–Kier alpha value is -2.49. The molecular weight excluding hydrogens is 338 g/mol. The van der Waals surface area contributed by atoms with Gasteiger partial charge in [0.25, 0.3) is 5.91 Å². The molecule has 0 N–H and O–H groups in total. The van der Waals surface area contributed by atoms with Crippen molar-refractivity contribution in [1.82, 2.24) is 4.98 Å². The van der Waals surface area contributed by atoms with Crippen LogP contribution in [0.3, 0.4) is 0 Å². The smallest absolute Gasteiger partial charge is 0.257 e. The molecule has 1 aliphatic carbocycles. The van der Waals surface area contributed by atoms with E-state index in [4.69, 9.17) is 0 Å². The van der Waals surface area contributed by atoms with Gasteiger partial charge in [0.15, 0.2) is 5.13 Å². The summed E-state index contributed by atoms with van der Waals surface area (Å²) in [6.07, 6.45) is 2.41. The maximum atomic E-state index is 12.9. The number of thiophene rings is 1. The van der Waals surface area contributed by atoms with E-state index in [-0.39, 0.29) is 11.8 Å². The van der Waals surface area contributed by atoms with Crippen molar-refractivity contribution in [3.63, 3.8) is 0 Å². The van der Waals surface area contributed by atoms with Gasteiger partial charge in [0.2, 0.25) is 0 Å². The van der Waals surface area contributed by atoms with Gasteiger partial charge in [-0.3, -0.25) is 9.69 Å². The number of nitrogens with zero attached hydrogens (tertiary/aromatic N) is 3. The Bertz CT molecular complexity index is 988. The van der Waals surface area contributed by atoms with Gasteiger partial charge in [-0.2, -0.15) is 5.26 Å². The summed E-state index contributed by atoms with van der Waals surface area (Å²) < 4.78 is 0. The summed E-state index contributed by atoms with van der Waals surface area (Å²) in [4.78, 5) is 20.2. The zero-order valence-electron chi connectivity index (χ0n) is 12.5. The number of carbonyl (C=O) groups excluding carboxylic acids is 1. The summed E-state index contributed by atoms with van der Waals surface area (Å²) in [5, 5.41) is 13.9.